The maximum Gasteiger partial charge on any atom is 0.326 e. The number of carbonyl (C=O) groups is 5. The van der Waals surface area contributed by atoms with Gasteiger partial charge in [0, 0.05) is 18.3 Å². The number of nitrogens with one attached hydrogen (secondary N) is 4. The minimum Gasteiger partial charge on any atom is -0.480 e. The number of primary amides is 1. The van der Waals surface area contributed by atoms with Crippen molar-refractivity contribution in [3.05, 3.63) is 18.2 Å². The number of H-pyrrole nitrogens is 1. The highest BCUT2D eigenvalue weighted by atomic mass is 16.4. The molecule has 1 aromatic rings. The minimum absolute atomic E-state index is 0.0358. The first kappa shape index (κ1) is 21.6. The second-order valence-electron chi connectivity index (χ2n) is 5.45. The molecular weight excluding hydrogens is 362 g/mol. The van der Waals surface area contributed by atoms with Gasteiger partial charge in [-0.15, -0.1) is 0 Å². The lowest BCUT2D eigenvalue weighted by Crippen LogP contribution is -2.52. The van der Waals surface area contributed by atoms with Crippen molar-refractivity contribution >= 4 is 29.6 Å². The molecule has 1 aromatic heterocycles. The fourth-order valence-corrected chi connectivity index (χ4v) is 2.02. The molecule has 4 amide bonds. The molecule has 0 aromatic carbocycles. The van der Waals surface area contributed by atoms with Crippen LogP contribution in [-0.4, -0.2) is 69.8 Å². The summed E-state index contributed by atoms with van der Waals surface area (Å²) in [4.78, 5) is 63.9. The Labute approximate surface area is 153 Å². The molecule has 0 bridgehead atoms. The maximum atomic E-state index is 12.0. The Hall–Kier alpha value is -3.48. The first-order valence-electron chi connectivity index (χ1n) is 7.77. The van der Waals surface area contributed by atoms with Crippen molar-refractivity contribution in [1.29, 1.82) is 0 Å². The van der Waals surface area contributed by atoms with Gasteiger partial charge in [0.1, 0.15) is 12.1 Å². The molecule has 2 atom stereocenters. The van der Waals surface area contributed by atoms with Crippen LogP contribution in [0.15, 0.2) is 12.5 Å². The van der Waals surface area contributed by atoms with Crippen LogP contribution in [0.3, 0.4) is 0 Å². The fourth-order valence-electron chi connectivity index (χ4n) is 2.02. The molecule has 1 heterocycles. The van der Waals surface area contributed by atoms with Crippen molar-refractivity contribution in [2.75, 3.05) is 13.1 Å². The molecule has 0 aliphatic carbocycles. The lowest BCUT2D eigenvalue weighted by molar-refractivity contribution is -0.141. The number of aromatic amines is 1. The van der Waals surface area contributed by atoms with E-state index in [0.29, 0.717) is 5.69 Å². The van der Waals surface area contributed by atoms with Gasteiger partial charge in [-0.05, 0) is 0 Å². The van der Waals surface area contributed by atoms with Gasteiger partial charge in [0.2, 0.25) is 23.6 Å². The smallest absolute Gasteiger partial charge is 0.326 e. The van der Waals surface area contributed by atoms with Gasteiger partial charge in [-0.2, -0.15) is 0 Å². The molecule has 13 nitrogen and oxygen atoms in total. The number of hydrogen-bond acceptors (Lipinski definition) is 7. The SMILES string of the molecule is NCC(=O)NC(CC(N)=O)C(=O)NCC(=O)NC(Cc1cnc[nH]1)C(=O)O. The predicted molar refractivity (Wildman–Crippen MR) is 89.7 cm³/mol. The number of carboxylic acids is 1. The molecule has 0 fully saturated rings. The Morgan fingerprint density at radius 3 is 2.33 bits per heavy atom. The summed E-state index contributed by atoms with van der Waals surface area (Å²) in [5.41, 5.74) is 10.6. The van der Waals surface area contributed by atoms with Gasteiger partial charge in [-0.3, -0.25) is 19.2 Å². The summed E-state index contributed by atoms with van der Waals surface area (Å²) in [5.74, 6) is -4.43. The van der Waals surface area contributed by atoms with Gasteiger partial charge >= 0.3 is 5.97 Å². The molecule has 148 valence electrons. The third-order valence-corrected chi connectivity index (χ3v) is 3.28. The predicted octanol–water partition coefficient (Wildman–Crippen LogP) is -4.04. The molecular formula is C14H21N7O6. The van der Waals surface area contributed by atoms with Gasteiger partial charge in [0.25, 0.3) is 0 Å². The molecule has 0 spiro atoms. The summed E-state index contributed by atoms with van der Waals surface area (Å²) in [6.07, 6.45) is 2.26. The van der Waals surface area contributed by atoms with Gasteiger partial charge in [0.05, 0.1) is 25.8 Å². The molecule has 13 heteroatoms. The molecule has 9 N–H and O–H groups in total. The van der Waals surface area contributed by atoms with Crippen LogP contribution in [0.25, 0.3) is 0 Å². The van der Waals surface area contributed by atoms with E-state index in [9.17, 15) is 24.0 Å². The average molecular weight is 383 g/mol. The molecule has 1 rings (SSSR count). The van der Waals surface area contributed by atoms with Gasteiger partial charge in [-0.25, -0.2) is 9.78 Å². The zero-order chi connectivity index (χ0) is 20.4. The standard InChI is InChI=1S/C14H21N7O6/c15-3-11(23)20-8(2-10(16)22)13(25)18-5-12(24)21-9(14(26)27)1-7-4-17-6-19-7/h4,6,8-9H,1-3,5,15H2,(H2,16,22)(H,17,19)(H,18,25)(H,20,23)(H,21,24)(H,26,27). The maximum absolute atomic E-state index is 12.0. The van der Waals surface area contributed by atoms with E-state index < -0.39 is 61.2 Å². The van der Waals surface area contributed by atoms with E-state index in [1.54, 1.807) is 0 Å². The van der Waals surface area contributed by atoms with Crippen LogP contribution >= 0.6 is 0 Å². The van der Waals surface area contributed by atoms with Gasteiger partial charge < -0.3 is 37.5 Å². The third kappa shape index (κ3) is 7.96. The third-order valence-electron chi connectivity index (χ3n) is 3.28. The van der Waals surface area contributed by atoms with Crippen LogP contribution in [0.5, 0.6) is 0 Å². The summed E-state index contributed by atoms with van der Waals surface area (Å²) in [7, 11) is 0. The highest BCUT2D eigenvalue weighted by Crippen LogP contribution is 1.99. The number of carboxylic acid groups (broad SMARTS) is 1. The first-order chi connectivity index (χ1) is 12.7. The highest BCUT2D eigenvalue weighted by molar-refractivity contribution is 5.94. The minimum atomic E-state index is -1.30. The van der Waals surface area contributed by atoms with E-state index in [1.165, 1.54) is 12.5 Å². The van der Waals surface area contributed by atoms with Crippen LogP contribution in [0.2, 0.25) is 0 Å². The van der Waals surface area contributed by atoms with Crippen molar-refractivity contribution in [3.8, 4) is 0 Å². The van der Waals surface area contributed by atoms with Crippen molar-refractivity contribution in [2.24, 2.45) is 11.5 Å². The summed E-state index contributed by atoms with van der Waals surface area (Å²) < 4.78 is 0. The number of aliphatic carboxylic acids is 1. The zero-order valence-electron chi connectivity index (χ0n) is 14.2. The van der Waals surface area contributed by atoms with Crippen LogP contribution in [-0.2, 0) is 30.4 Å². The first-order valence-corrected chi connectivity index (χ1v) is 7.77. The quantitative estimate of drug-likeness (QED) is 0.199. The number of hydrogen-bond donors (Lipinski definition) is 7. The summed E-state index contributed by atoms with van der Waals surface area (Å²) in [6.45, 7) is -0.976. The van der Waals surface area contributed by atoms with Crippen LogP contribution in [0, 0.1) is 0 Å². The molecule has 0 aliphatic rings. The second kappa shape index (κ2) is 10.5. The van der Waals surface area contributed by atoms with E-state index in [1.807, 2.05) is 0 Å². The van der Waals surface area contributed by atoms with E-state index in [0.717, 1.165) is 0 Å². The lowest BCUT2D eigenvalue weighted by atomic mass is 10.1. The topological polar surface area (TPSA) is 222 Å². The normalized spacial score (nSPS) is 12.5. The van der Waals surface area contributed by atoms with Crippen LogP contribution in [0.1, 0.15) is 12.1 Å². The van der Waals surface area contributed by atoms with Crippen molar-refractivity contribution in [1.82, 2.24) is 25.9 Å². The van der Waals surface area contributed by atoms with E-state index >= 15 is 0 Å². The number of aromatic nitrogens is 2. The monoisotopic (exact) mass is 383 g/mol. The van der Waals surface area contributed by atoms with Crippen LogP contribution in [0.4, 0.5) is 0 Å². The molecule has 0 radical (unpaired) electrons. The lowest BCUT2D eigenvalue weighted by Gasteiger charge is -2.17. The fraction of sp³-hybridized carbons (Fsp3) is 0.429. The molecule has 27 heavy (non-hydrogen) atoms. The number of imidazole rings is 1. The van der Waals surface area contributed by atoms with E-state index in [2.05, 4.69) is 25.9 Å². The molecule has 0 saturated heterocycles. The Balaban J connectivity index is 2.58. The average Bonchev–Trinajstić information content (AvgIpc) is 3.10. The number of nitrogens with two attached hydrogens (primary N) is 2. The Bertz CT molecular complexity index is 690. The summed E-state index contributed by atoms with van der Waals surface area (Å²) in [5, 5.41) is 15.8. The Kier molecular flexibility index (Phi) is 8.38. The Morgan fingerprint density at radius 1 is 1.15 bits per heavy atom. The molecule has 0 saturated carbocycles. The zero-order valence-corrected chi connectivity index (χ0v) is 14.2. The molecule has 0 aliphatic heterocycles. The summed E-state index contributed by atoms with van der Waals surface area (Å²) in [6, 6.07) is -2.54. The highest BCUT2D eigenvalue weighted by Gasteiger charge is 2.24. The number of carbonyl (C=O) groups excluding carboxylic acids is 4. The van der Waals surface area contributed by atoms with Crippen molar-refractivity contribution < 1.29 is 29.1 Å². The number of nitrogens with zero attached hydrogens (tertiary/aromatic N) is 1. The largest absolute Gasteiger partial charge is 0.480 e. The van der Waals surface area contributed by atoms with Crippen LogP contribution < -0.4 is 27.4 Å². The second-order valence-corrected chi connectivity index (χ2v) is 5.45. The van der Waals surface area contributed by atoms with Gasteiger partial charge in [-0.1, -0.05) is 0 Å². The number of amides is 4. The van der Waals surface area contributed by atoms with Crippen molar-refractivity contribution in [2.45, 2.75) is 24.9 Å². The number of rotatable bonds is 11. The summed E-state index contributed by atoms with van der Waals surface area (Å²) >= 11 is 0. The van der Waals surface area contributed by atoms with Crippen molar-refractivity contribution in [3.63, 3.8) is 0 Å². The van der Waals surface area contributed by atoms with E-state index in [4.69, 9.17) is 16.6 Å². The van der Waals surface area contributed by atoms with E-state index in [-0.39, 0.29) is 6.42 Å². The Morgan fingerprint density at radius 2 is 1.81 bits per heavy atom. The molecule has 2 unspecified atom stereocenters. The van der Waals surface area contributed by atoms with Gasteiger partial charge in [0.15, 0.2) is 0 Å².